The topological polar surface area (TPSA) is 83.2 Å². The Balaban J connectivity index is 1.68. The van der Waals surface area contributed by atoms with Crippen LogP contribution < -0.4 is 19.8 Å². The molecule has 0 aliphatic carbocycles. The van der Waals surface area contributed by atoms with E-state index in [0.717, 1.165) is 5.39 Å². The fraction of sp³-hybridized carbons (Fsp3) is 0.136. The minimum Gasteiger partial charge on any atom is -0.493 e. The van der Waals surface area contributed by atoms with Crippen molar-refractivity contribution in [1.29, 1.82) is 0 Å². The first-order valence-corrected chi connectivity index (χ1v) is 10.3. The Bertz CT molecular complexity index is 1350. The van der Waals surface area contributed by atoms with Crippen molar-refractivity contribution in [2.75, 3.05) is 21.3 Å². The summed E-state index contributed by atoms with van der Waals surface area (Å²) in [6, 6.07) is 10.4. The van der Waals surface area contributed by atoms with Crippen molar-refractivity contribution in [2.45, 2.75) is 0 Å². The van der Waals surface area contributed by atoms with Crippen LogP contribution in [0.4, 0.5) is 5.13 Å². The molecule has 158 valence electrons. The molecule has 4 rings (SSSR count). The van der Waals surface area contributed by atoms with Gasteiger partial charge >= 0.3 is 5.63 Å². The van der Waals surface area contributed by atoms with Gasteiger partial charge in [-0.25, -0.2) is 14.8 Å². The van der Waals surface area contributed by atoms with E-state index in [-0.39, 0.29) is 0 Å². The highest BCUT2D eigenvalue weighted by Crippen LogP contribution is 2.39. The monoisotopic (exact) mass is 456 g/mol. The van der Waals surface area contributed by atoms with Gasteiger partial charge in [0.05, 0.1) is 32.6 Å². The Morgan fingerprint density at radius 1 is 1.06 bits per heavy atom. The summed E-state index contributed by atoms with van der Waals surface area (Å²) in [7, 11) is 4.64. The van der Waals surface area contributed by atoms with Crippen LogP contribution in [0, 0.1) is 0 Å². The second-order valence-electron chi connectivity index (χ2n) is 6.33. The summed E-state index contributed by atoms with van der Waals surface area (Å²) in [6.45, 7) is 0. The minimum absolute atomic E-state index is 0.344. The lowest BCUT2D eigenvalue weighted by atomic mass is 10.1. The largest absolute Gasteiger partial charge is 0.493 e. The van der Waals surface area contributed by atoms with Gasteiger partial charge in [0.1, 0.15) is 5.58 Å². The van der Waals surface area contributed by atoms with Crippen molar-refractivity contribution in [2.24, 2.45) is 4.99 Å². The molecule has 2 heterocycles. The molecular formula is C22H17ClN2O5S. The van der Waals surface area contributed by atoms with Crippen LogP contribution >= 0.6 is 22.9 Å². The molecule has 4 aromatic rings. The number of ether oxygens (including phenoxy) is 3. The van der Waals surface area contributed by atoms with E-state index in [0.29, 0.717) is 49.8 Å². The van der Waals surface area contributed by atoms with Crippen LogP contribution in [0.1, 0.15) is 5.56 Å². The number of halogens is 1. The number of benzene rings is 2. The highest BCUT2D eigenvalue weighted by molar-refractivity contribution is 7.13. The molecule has 0 spiro atoms. The van der Waals surface area contributed by atoms with Crippen molar-refractivity contribution < 1.29 is 18.6 Å². The van der Waals surface area contributed by atoms with Gasteiger partial charge in [0.15, 0.2) is 11.5 Å². The molecule has 0 aliphatic heterocycles. The lowest BCUT2D eigenvalue weighted by Crippen LogP contribution is -2.02. The summed E-state index contributed by atoms with van der Waals surface area (Å²) in [5.74, 6) is 1.52. The molecule has 0 atom stereocenters. The molecule has 0 bridgehead atoms. The fourth-order valence-electron chi connectivity index (χ4n) is 3.07. The Kier molecular flexibility index (Phi) is 5.92. The van der Waals surface area contributed by atoms with Crippen molar-refractivity contribution in [3.63, 3.8) is 0 Å². The standard InChI is InChI=1S/C22H17ClN2O5S/c1-27-18-6-4-12(19(28-2)20(18)29-3)10-24-22-25-16(11-31-22)15-9-13-8-14(23)5-7-17(13)30-21(15)26/h4-11H,1-3H3/b24-10+. The second kappa shape index (κ2) is 8.79. The Morgan fingerprint density at radius 2 is 1.87 bits per heavy atom. The number of aliphatic imine (C=N–C) groups is 1. The lowest BCUT2D eigenvalue weighted by molar-refractivity contribution is 0.324. The van der Waals surface area contributed by atoms with Crippen molar-refractivity contribution in [3.8, 4) is 28.5 Å². The fourth-order valence-corrected chi connectivity index (χ4v) is 3.91. The Morgan fingerprint density at radius 3 is 2.61 bits per heavy atom. The summed E-state index contributed by atoms with van der Waals surface area (Å²) >= 11 is 7.35. The molecule has 7 nitrogen and oxygen atoms in total. The SMILES string of the molecule is COc1ccc(/C=N/c2nc(-c3cc4cc(Cl)ccc4oc3=O)cs2)c(OC)c1OC. The van der Waals surface area contributed by atoms with E-state index < -0.39 is 5.63 Å². The molecule has 0 saturated carbocycles. The maximum Gasteiger partial charge on any atom is 0.345 e. The van der Waals surface area contributed by atoms with E-state index >= 15 is 0 Å². The predicted octanol–water partition coefficient (Wildman–Crippen LogP) is 5.35. The molecule has 31 heavy (non-hydrogen) atoms. The van der Waals surface area contributed by atoms with E-state index in [1.807, 2.05) is 0 Å². The first kappa shape index (κ1) is 20.9. The zero-order valence-corrected chi connectivity index (χ0v) is 18.4. The summed E-state index contributed by atoms with van der Waals surface area (Å²) in [5, 5.41) is 3.49. The van der Waals surface area contributed by atoms with Crippen LogP contribution in [0.15, 0.2) is 56.0 Å². The third-order valence-corrected chi connectivity index (χ3v) is 5.49. The van der Waals surface area contributed by atoms with E-state index in [1.165, 1.54) is 18.4 Å². The predicted molar refractivity (Wildman–Crippen MR) is 122 cm³/mol. The average Bonchev–Trinajstić information content (AvgIpc) is 3.25. The molecular weight excluding hydrogens is 440 g/mol. The molecule has 0 unspecified atom stereocenters. The maximum absolute atomic E-state index is 12.4. The van der Waals surface area contributed by atoms with Gasteiger partial charge in [-0.2, -0.15) is 0 Å². The summed E-state index contributed by atoms with van der Waals surface area (Å²) < 4.78 is 21.5. The number of aromatic nitrogens is 1. The van der Waals surface area contributed by atoms with Crippen molar-refractivity contribution >= 4 is 45.3 Å². The van der Waals surface area contributed by atoms with E-state index in [2.05, 4.69) is 9.98 Å². The Hall–Kier alpha value is -3.36. The van der Waals surface area contributed by atoms with Crippen LogP contribution in [0.5, 0.6) is 17.2 Å². The average molecular weight is 457 g/mol. The van der Waals surface area contributed by atoms with Gasteiger partial charge in [-0.05, 0) is 36.4 Å². The number of thiazole rings is 1. The normalized spacial score (nSPS) is 11.2. The van der Waals surface area contributed by atoms with Gasteiger partial charge in [0.2, 0.25) is 10.9 Å². The molecule has 0 radical (unpaired) electrons. The van der Waals surface area contributed by atoms with Gasteiger partial charge < -0.3 is 18.6 Å². The highest BCUT2D eigenvalue weighted by atomic mass is 35.5. The number of rotatable bonds is 6. The van der Waals surface area contributed by atoms with Crippen molar-refractivity contribution in [1.82, 2.24) is 4.98 Å². The first-order chi connectivity index (χ1) is 15.0. The summed E-state index contributed by atoms with van der Waals surface area (Å²) in [4.78, 5) is 21.3. The second-order valence-corrected chi connectivity index (χ2v) is 7.60. The number of fused-ring (bicyclic) bond motifs is 1. The summed E-state index contributed by atoms with van der Waals surface area (Å²) in [6.07, 6.45) is 1.62. The molecule has 0 aliphatic rings. The van der Waals surface area contributed by atoms with Crippen LogP contribution in [0.3, 0.4) is 0 Å². The lowest BCUT2D eigenvalue weighted by Gasteiger charge is -2.13. The molecule has 0 N–H and O–H groups in total. The molecule has 2 aromatic carbocycles. The molecule has 0 saturated heterocycles. The van der Waals surface area contributed by atoms with Crippen LogP contribution in [-0.4, -0.2) is 32.5 Å². The highest BCUT2D eigenvalue weighted by Gasteiger charge is 2.15. The van der Waals surface area contributed by atoms with E-state index in [1.54, 1.807) is 62.2 Å². The van der Waals surface area contributed by atoms with Crippen LogP contribution in [0.2, 0.25) is 5.02 Å². The third kappa shape index (κ3) is 4.12. The number of hydrogen-bond acceptors (Lipinski definition) is 8. The molecule has 0 amide bonds. The van der Waals surface area contributed by atoms with Gasteiger partial charge in [-0.1, -0.05) is 11.6 Å². The zero-order valence-electron chi connectivity index (χ0n) is 16.8. The van der Waals surface area contributed by atoms with Gasteiger partial charge in [-0.3, -0.25) is 0 Å². The minimum atomic E-state index is -0.475. The van der Waals surface area contributed by atoms with E-state index in [9.17, 15) is 4.79 Å². The first-order valence-electron chi connectivity index (χ1n) is 9.06. The molecule has 0 fully saturated rings. The maximum atomic E-state index is 12.4. The van der Waals surface area contributed by atoms with Gasteiger partial charge in [0.25, 0.3) is 0 Å². The van der Waals surface area contributed by atoms with Crippen LogP contribution in [0.25, 0.3) is 22.2 Å². The van der Waals surface area contributed by atoms with E-state index in [4.69, 9.17) is 30.2 Å². The quantitative estimate of drug-likeness (QED) is 0.287. The van der Waals surface area contributed by atoms with Gasteiger partial charge in [0, 0.05) is 27.6 Å². The molecule has 9 heteroatoms. The smallest absolute Gasteiger partial charge is 0.345 e. The third-order valence-electron chi connectivity index (χ3n) is 4.51. The molecule has 2 aromatic heterocycles. The number of methoxy groups -OCH3 is 3. The Labute approximate surface area is 186 Å². The van der Waals surface area contributed by atoms with Gasteiger partial charge in [-0.15, -0.1) is 11.3 Å². The zero-order chi connectivity index (χ0) is 22.0. The van der Waals surface area contributed by atoms with Crippen molar-refractivity contribution in [3.05, 3.63) is 62.8 Å². The number of nitrogens with zero attached hydrogens (tertiary/aromatic N) is 2. The number of hydrogen-bond donors (Lipinski definition) is 0. The van der Waals surface area contributed by atoms with Crippen LogP contribution in [-0.2, 0) is 0 Å². The summed E-state index contributed by atoms with van der Waals surface area (Å²) in [5.41, 5.74) is 1.50.